The van der Waals surface area contributed by atoms with E-state index in [1.165, 1.54) is 12.1 Å². The van der Waals surface area contributed by atoms with E-state index in [9.17, 15) is 4.39 Å². The van der Waals surface area contributed by atoms with Crippen molar-refractivity contribution in [3.63, 3.8) is 0 Å². The Morgan fingerprint density at radius 3 is 2.56 bits per heavy atom. The number of hydrogen-bond donors (Lipinski definition) is 0. The van der Waals surface area contributed by atoms with Gasteiger partial charge in [0.25, 0.3) is 0 Å². The second-order valence-electron chi connectivity index (χ2n) is 3.53. The molecule has 2 aromatic carbocycles. The summed E-state index contributed by atoms with van der Waals surface area (Å²) in [5, 5.41) is 1.21. The minimum atomic E-state index is -0.517. The monoisotopic (exact) mass is 348 g/mol. The molecule has 0 saturated carbocycles. The molecule has 0 radical (unpaired) electrons. The Labute approximate surface area is 123 Å². The number of benzene rings is 2. The van der Waals surface area contributed by atoms with E-state index in [4.69, 9.17) is 27.9 Å². The van der Waals surface area contributed by atoms with Crippen molar-refractivity contribution >= 4 is 39.1 Å². The lowest BCUT2D eigenvalue weighted by molar-refractivity contribution is 0.473. The molecule has 0 N–H and O–H groups in total. The van der Waals surface area contributed by atoms with Crippen LogP contribution in [-0.2, 0) is 5.33 Å². The zero-order valence-electron chi connectivity index (χ0n) is 9.09. The third kappa shape index (κ3) is 2.97. The highest BCUT2D eigenvalue weighted by Gasteiger charge is 2.09. The highest BCUT2D eigenvalue weighted by molar-refractivity contribution is 9.08. The van der Waals surface area contributed by atoms with Gasteiger partial charge in [-0.15, -0.1) is 0 Å². The molecule has 94 valence electrons. The van der Waals surface area contributed by atoms with Crippen LogP contribution in [0.4, 0.5) is 4.39 Å². The first-order valence-electron chi connectivity index (χ1n) is 5.08. The molecule has 2 aromatic rings. The van der Waals surface area contributed by atoms with E-state index in [1.54, 1.807) is 24.3 Å². The molecular formula is C13H8BrCl2FO. The maximum absolute atomic E-state index is 13.3. The molecule has 2 rings (SSSR count). The number of hydrogen-bond acceptors (Lipinski definition) is 1. The second-order valence-corrected chi connectivity index (χ2v) is 4.90. The molecule has 0 amide bonds. The van der Waals surface area contributed by atoms with Crippen LogP contribution in [0.2, 0.25) is 10.0 Å². The molecule has 0 aliphatic rings. The van der Waals surface area contributed by atoms with Gasteiger partial charge in [-0.1, -0.05) is 45.2 Å². The first-order chi connectivity index (χ1) is 8.61. The van der Waals surface area contributed by atoms with Gasteiger partial charge in [0.15, 0.2) is 0 Å². The summed E-state index contributed by atoms with van der Waals surface area (Å²) in [6, 6.07) is 9.61. The van der Waals surface area contributed by atoms with E-state index in [0.717, 1.165) is 5.56 Å². The van der Waals surface area contributed by atoms with Gasteiger partial charge in [0.05, 0.1) is 5.02 Å². The van der Waals surface area contributed by atoms with Crippen LogP contribution in [0.1, 0.15) is 5.56 Å². The van der Waals surface area contributed by atoms with Gasteiger partial charge >= 0.3 is 0 Å². The fourth-order valence-electron chi connectivity index (χ4n) is 1.43. The van der Waals surface area contributed by atoms with Gasteiger partial charge in [-0.2, -0.15) is 0 Å². The van der Waals surface area contributed by atoms with Crippen molar-refractivity contribution in [2.75, 3.05) is 0 Å². The minimum absolute atomic E-state index is 0.0640. The zero-order valence-corrected chi connectivity index (χ0v) is 12.2. The third-order valence-electron chi connectivity index (χ3n) is 2.33. The minimum Gasteiger partial charge on any atom is -0.457 e. The van der Waals surface area contributed by atoms with Gasteiger partial charge in [0, 0.05) is 22.0 Å². The quantitative estimate of drug-likeness (QED) is 0.634. The van der Waals surface area contributed by atoms with Crippen LogP contribution in [0, 0.1) is 5.82 Å². The summed E-state index contributed by atoms with van der Waals surface area (Å²) in [6.07, 6.45) is 0. The van der Waals surface area contributed by atoms with E-state index in [0.29, 0.717) is 21.9 Å². The summed E-state index contributed by atoms with van der Waals surface area (Å²) in [5.41, 5.74) is 0.814. The molecule has 0 aliphatic carbocycles. The Balaban J connectivity index is 2.34. The zero-order chi connectivity index (χ0) is 13.1. The van der Waals surface area contributed by atoms with Crippen LogP contribution in [0.3, 0.4) is 0 Å². The van der Waals surface area contributed by atoms with E-state index in [2.05, 4.69) is 15.9 Å². The average Bonchev–Trinajstić information content (AvgIpc) is 2.34. The van der Waals surface area contributed by atoms with Crippen LogP contribution < -0.4 is 4.74 Å². The lowest BCUT2D eigenvalue weighted by Crippen LogP contribution is -1.91. The van der Waals surface area contributed by atoms with Crippen LogP contribution in [0.25, 0.3) is 0 Å². The summed E-state index contributed by atoms with van der Waals surface area (Å²) in [7, 11) is 0. The number of ether oxygens (including phenoxy) is 1. The van der Waals surface area contributed by atoms with Crippen molar-refractivity contribution in [2.45, 2.75) is 5.33 Å². The molecular weight excluding hydrogens is 342 g/mol. The van der Waals surface area contributed by atoms with Gasteiger partial charge in [0.1, 0.15) is 17.3 Å². The Morgan fingerprint density at radius 1 is 1.11 bits per heavy atom. The normalized spacial score (nSPS) is 10.4. The summed E-state index contributed by atoms with van der Waals surface area (Å²) in [4.78, 5) is 0. The van der Waals surface area contributed by atoms with E-state index in [1.807, 2.05) is 0 Å². The molecule has 0 atom stereocenters. The second kappa shape index (κ2) is 5.91. The van der Waals surface area contributed by atoms with Crippen molar-refractivity contribution in [1.82, 2.24) is 0 Å². The molecule has 0 spiro atoms. The number of alkyl halides is 1. The standard InChI is InChI=1S/C13H8BrCl2FO/c14-7-9-10(15)2-1-3-13(9)18-8-4-5-11(16)12(17)6-8/h1-6H,7H2. The van der Waals surface area contributed by atoms with Gasteiger partial charge < -0.3 is 4.74 Å². The molecule has 5 heteroatoms. The molecule has 0 bridgehead atoms. The van der Waals surface area contributed by atoms with E-state index in [-0.39, 0.29) is 5.02 Å². The summed E-state index contributed by atoms with van der Waals surface area (Å²) >= 11 is 15.0. The lowest BCUT2D eigenvalue weighted by atomic mass is 10.2. The molecule has 0 unspecified atom stereocenters. The van der Waals surface area contributed by atoms with Crippen molar-refractivity contribution in [2.24, 2.45) is 0 Å². The fourth-order valence-corrected chi connectivity index (χ4v) is 2.52. The van der Waals surface area contributed by atoms with Gasteiger partial charge in [-0.3, -0.25) is 0 Å². The summed E-state index contributed by atoms with van der Waals surface area (Å²) < 4.78 is 18.9. The molecule has 18 heavy (non-hydrogen) atoms. The average molecular weight is 350 g/mol. The lowest BCUT2D eigenvalue weighted by Gasteiger charge is -2.11. The first kappa shape index (κ1) is 13.7. The van der Waals surface area contributed by atoms with Crippen molar-refractivity contribution < 1.29 is 9.13 Å². The predicted molar refractivity (Wildman–Crippen MR) is 75.6 cm³/mol. The maximum atomic E-state index is 13.3. The number of rotatable bonds is 3. The predicted octanol–water partition coefficient (Wildman–Crippen LogP) is 5.82. The highest BCUT2D eigenvalue weighted by atomic mass is 79.9. The molecule has 0 saturated heterocycles. The highest BCUT2D eigenvalue weighted by Crippen LogP contribution is 2.33. The first-order valence-corrected chi connectivity index (χ1v) is 6.96. The third-order valence-corrected chi connectivity index (χ3v) is 3.55. The summed E-state index contributed by atoms with van der Waals surface area (Å²) in [5.74, 6) is 0.444. The van der Waals surface area contributed by atoms with Crippen molar-refractivity contribution in [1.29, 1.82) is 0 Å². The van der Waals surface area contributed by atoms with Crippen LogP contribution >= 0.6 is 39.1 Å². The Kier molecular flexibility index (Phi) is 4.49. The molecule has 1 nitrogen and oxygen atoms in total. The Hall–Kier alpha value is -0.770. The number of halogens is 4. The Morgan fingerprint density at radius 2 is 1.89 bits per heavy atom. The van der Waals surface area contributed by atoms with Crippen molar-refractivity contribution in [3.05, 3.63) is 57.8 Å². The van der Waals surface area contributed by atoms with Gasteiger partial charge in [0.2, 0.25) is 0 Å². The van der Waals surface area contributed by atoms with Crippen LogP contribution in [-0.4, -0.2) is 0 Å². The fraction of sp³-hybridized carbons (Fsp3) is 0.0769. The summed E-state index contributed by atoms with van der Waals surface area (Å²) in [6.45, 7) is 0. The topological polar surface area (TPSA) is 9.23 Å². The smallest absolute Gasteiger partial charge is 0.145 e. The molecule has 0 aliphatic heterocycles. The van der Waals surface area contributed by atoms with E-state index < -0.39 is 5.82 Å². The Bertz CT molecular complexity index is 575. The molecule has 0 fully saturated rings. The SMILES string of the molecule is Fc1cc(Oc2cccc(Cl)c2CBr)ccc1Cl. The van der Waals surface area contributed by atoms with Crippen LogP contribution in [0.15, 0.2) is 36.4 Å². The largest absolute Gasteiger partial charge is 0.457 e. The molecule has 0 aromatic heterocycles. The van der Waals surface area contributed by atoms with Gasteiger partial charge in [-0.25, -0.2) is 4.39 Å². The van der Waals surface area contributed by atoms with Gasteiger partial charge in [-0.05, 0) is 24.3 Å². The van der Waals surface area contributed by atoms with E-state index >= 15 is 0 Å². The maximum Gasteiger partial charge on any atom is 0.145 e. The molecule has 0 heterocycles. The van der Waals surface area contributed by atoms with Crippen molar-refractivity contribution in [3.8, 4) is 11.5 Å². The van der Waals surface area contributed by atoms with Crippen LogP contribution in [0.5, 0.6) is 11.5 Å².